The van der Waals surface area contributed by atoms with Crippen LogP contribution in [0.5, 0.6) is 5.75 Å². The van der Waals surface area contributed by atoms with Gasteiger partial charge in [-0.2, -0.15) is 0 Å². The molecule has 0 fully saturated rings. The lowest BCUT2D eigenvalue weighted by Gasteiger charge is -2.21. The molecule has 0 aliphatic heterocycles. The summed E-state index contributed by atoms with van der Waals surface area (Å²) in [5, 5.41) is 11.2. The molecule has 27 heavy (non-hydrogen) atoms. The van der Waals surface area contributed by atoms with Crippen LogP contribution in [0.15, 0.2) is 48.5 Å². The number of aldehydes is 1. The second-order valence-electron chi connectivity index (χ2n) is 5.25. The Morgan fingerprint density at radius 2 is 1.85 bits per heavy atom. The number of para-hydroxylation sites is 2. The van der Waals surface area contributed by atoms with E-state index in [-0.39, 0.29) is 17.9 Å². The van der Waals surface area contributed by atoms with Crippen molar-refractivity contribution < 1.29 is 28.8 Å². The van der Waals surface area contributed by atoms with Crippen molar-refractivity contribution in [3.8, 4) is 5.75 Å². The molecule has 2 aromatic carbocycles. The molecule has 140 valence electrons. The number of hydrogen-bond acceptors (Lipinski definition) is 7. The van der Waals surface area contributed by atoms with Crippen molar-refractivity contribution in [2.45, 2.75) is 0 Å². The summed E-state index contributed by atoms with van der Waals surface area (Å²) in [6.07, 6.45) is 0.334. The van der Waals surface area contributed by atoms with Crippen LogP contribution in [0.1, 0.15) is 10.4 Å². The van der Waals surface area contributed by atoms with Gasteiger partial charge in [0, 0.05) is 5.69 Å². The molecule has 1 amide bonds. The van der Waals surface area contributed by atoms with Crippen molar-refractivity contribution >= 4 is 29.5 Å². The first kappa shape index (κ1) is 19.6. The molecular formula is C18H16N2O7. The number of nitrogens with zero attached hydrogens (tertiary/aromatic N) is 2. The molecule has 0 N–H and O–H groups in total. The fraction of sp³-hybridized carbons (Fsp3) is 0.167. The van der Waals surface area contributed by atoms with Crippen LogP contribution in [-0.4, -0.2) is 43.3 Å². The van der Waals surface area contributed by atoms with Gasteiger partial charge in [0.1, 0.15) is 6.54 Å². The van der Waals surface area contributed by atoms with Crippen molar-refractivity contribution in [1.82, 2.24) is 0 Å². The van der Waals surface area contributed by atoms with Crippen LogP contribution in [-0.2, 0) is 14.3 Å². The molecule has 0 saturated heterocycles. The molecule has 0 heterocycles. The van der Waals surface area contributed by atoms with Gasteiger partial charge in [0.15, 0.2) is 18.6 Å². The van der Waals surface area contributed by atoms with E-state index in [4.69, 9.17) is 4.74 Å². The molecule has 9 heteroatoms. The summed E-state index contributed by atoms with van der Waals surface area (Å²) in [6.45, 7) is -0.922. The number of ether oxygens (including phenoxy) is 2. The molecule has 0 radical (unpaired) electrons. The van der Waals surface area contributed by atoms with E-state index in [2.05, 4.69) is 4.74 Å². The summed E-state index contributed by atoms with van der Waals surface area (Å²) in [7, 11) is 1.20. The minimum Gasteiger partial charge on any atom is -0.477 e. The first-order chi connectivity index (χ1) is 13.0. The first-order valence-corrected chi connectivity index (χ1v) is 7.75. The quantitative estimate of drug-likeness (QED) is 0.301. The minimum absolute atomic E-state index is 0.167. The number of esters is 1. The van der Waals surface area contributed by atoms with Crippen molar-refractivity contribution in [3.63, 3.8) is 0 Å². The lowest BCUT2D eigenvalue weighted by Crippen LogP contribution is -2.39. The van der Waals surface area contributed by atoms with E-state index < -0.39 is 29.1 Å². The van der Waals surface area contributed by atoms with Gasteiger partial charge >= 0.3 is 11.7 Å². The number of anilines is 1. The van der Waals surface area contributed by atoms with Gasteiger partial charge in [-0.15, -0.1) is 0 Å². The molecule has 0 bridgehead atoms. The second kappa shape index (κ2) is 9.09. The molecular weight excluding hydrogens is 356 g/mol. The van der Waals surface area contributed by atoms with Gasteiger partial charge in [-0.1, -0.05) is 24.3 Å². The molecule has 0 aromatic heterocycles. The van der Waals surface area contributed by atoms with E-state index in [1.807, 2.05) is 0 Å². The number of carbonyl (C=O) groups is 3. The number of benzene rings is 2. The number of hydrogen-bond donors (Lipinski definition) is 0. The van der Waals surface area contributed by atoms with Crippen LogP contribution < -0.4 is 9.64 Å². The van der Waals surface area contributed by atoms with Crippen LogP contribution in [0.25, 0.3) is 0 Å². The van der Waals surface area contributed by atoms with Gasteiger partial charge in [0.25, 0.3) is 5.91 Å². The number of methoxy groups -OCH3 is 1. The molecule has 9 nitrogen and oxygen atoms in total. The third-order valence-electron chi connectivity index (χ3n) is 3.57. The highest BCUT2D eigenvalue weighted by atomic mass is 16.6. The Hall–Kier alpha value is -3.75. The van der Waals surface area contributed by atoms with Gasteiger partial charge in [-0.3, -0.25) is 29.4 Å². The molecule has 0 aliphatic carbocycles. The predicted octanol–water partition coefficient (Wildman–Crippen LogP) is 1.99. The van der Waals surface area contributed by atoms with Crippen LogP contribution in [0, 0.1) is 10.1 Å². The third-order valence-corrected chi connectivity index (χ3v) is 3.57. The number of carbonyl (C=O) groups excluding carboxylic acids is 3. The maximum atomic E-state index is 12.6. The highest BCUT2D eigenvalue weighted by Crippen LogP contribution is 2.29. The predicted molar refractivity (Wildman–Crippen MR) is 94.8 cm³/mol. The van der Waals surface area contributed by atoms with Gasteiger partial charge < -0.3 is 9.47 Å². The fourth-order valence-corrected chi connectivity index (χ4v) is 2.29. The third kappa shape index (κ3) is 4.88. The minimum atomic E-state index is -0.757. The smallest absolute Gasteiger partial charge is 0.325 e. The Balaban J connectivity index is 2.22. The summed E-state index contributed by atoms with van der Waals surface area (Å²) in [5.74, 6) is -1.47. The van der Waals surface area contributed by atoms with Crippen molar-refractivity contribution in [1.29, 1.82) is 0 Å². The van der Waals surface area contributed by atoms with E-state index in [1.54, 1.807) is 30.3 Å². The molecule has 2 rings (SSSR count). The Labute approximate surface area is 154 Å². The lowest BCUT2D eigenvalue weighted by atomic mass is 10.2. The number of rotatable bonds is 8. The summed E-state index contributed by atoms with van der Waals surface area (Å²) >= 11 is 0. The van der Waals surface area contributed by atoms with E-state index in [0.29, 0.717) is 12.0 Å². The zero-order valence-corrected chi connectivity index (χ0v) is 14.4. The van der Waals surface area contributed by atoms with Gasteiger partial charge in [0.05, 0.1) is 17.6 Å². The van der Waals surface area contributed by atoms with Gasteiger partial charge in [0.2, 0.25) is 0 Å². The molecule has 0 spiro atoms. The largest absolute Gasteiger partial charge is 0.477 e. The van der Waals surface area contributed by atoms with Crippen LogP contribution in [0.3, 0.4) is 0 Å². The maximum Gasteiger partial charge on any atom is 0.325 e. The van der Waals surface area contributed by atoms with E-state index in [1.165, 1.54) is 25.3 Å². The van der Waals surface area contributed by atoms with E-state index >= 15 is 0 Å². The standard InChI is InChI=1S/C18H16N2O7/c1-26-17(23)10-19(14-7-3-2-4-8-14)16(22)12-27-15-9-5-6-13(11-21)18(15)20(24)25/h2-9,11H,10,12H2,1H3. The van der Waals surface area contributed by atoms with E-state index in [9.17, 15) is 24.5 Å². The van der Waals surface area contributed by atoms with Crippen LogP contribution in [0.4, 0.5) is 11.4 Å². The normalized spacial score (nSPS) is 9.96. The number of nitro benzene ring substituents is 1. The molecule has 0 unspecified atom stereocenters. The van der Waals surface area contributed by atoms with Crippen LogP contribution in [0.2, 0.25) is 0 Å². The van der Waals surface area contributed by atoms with Gasteiger partial charge in [-0.25, -0.2) is 0 Å². The van der Waals surface area contributed by atoms with Crippen molar-refractivity contribution in [2.24, 2.45) is 0 Å². The topological polar surface area (TPSA) is 116 Å². The Kier molecular flexibility index (Phi) is 6.59. The number of amides is 1. The Morgan fingerprint density at radius 3 is 2.44 bits per heavy atom. The zero-order chi connectivity index (χ0) is 19.8. The monoisotopic (exact) mass is 372 g/mol. The maximum absolute atomic E-state index is 12.6. The average molecular weight is 372 g/mol. The number of nitro groups is 1. The van der Waals surface area contributed by atoms with Crippen LogP contribution >= 0.6 is 0 Å². The van der Waals surface area contributed by atoms with Crippen molar-refractivity contribution in [2.75, 3.05) is 25.2 Å². The summed E-state index contributed by atoms with van der Waals surface area (Å²) in [4.78, 5) is 46.7. The lowest BCUT2D eigenvalue weighted by molar-refractivity contribution is -0.386. The van der Waals surface area contributed by atoms with Gasteiger partial charge in [-0.05, 0) is 24.3 Å². The first-order valence-electron chi connectivity index (χ1n) is 7.75. The SMILES string of the molecule is COC(=O)CN(C(=O)COc1cccc(C=O)c1[N+](=O)[O-])c1ccccc1. The summed E-state index contributed by atoms with van der Waals surface area (Å²) in [5.41, 5.74) is -0.258. The zero-order valence-electron chi connectivity index (χ0n) is 14.4. The summed E-state index contributed by atoms with van der Waals surface area (Å²) < 4.78 is 9.87. The Bertz CT molecular complexity index is 852. The molecule has 0 aliphatic rings. The Morgan fingerprint density at radius 1 is 1.15 bits per heavy atom. The molecule has 0 atom stereocenters. The van der Waals surface area contributed by atoms with E-state index in [0.717, 1.165) is 4.90 Å². The average Bonchev–Trinajstić information content (AvgIpc) is 2.69. The second-order valence-corrected chi connectivity index (χ2v) is 5.25. The molecule has 0 saturated carbocycles. The van der Waals surface area contributed by atoms with Crippen molar-refractivity contribution in [3.05, 3.63) is 64.2 Å². The molecule has 2 aromatic rings. The summed E-state index contributed by atoms with van der Waals surface area (Å²) in [6, 6.07) is 12.3. The highest BCUT2D eigenvalue weighted by Gasteiger charge is 2.24. The highest BCUT2D eigenvalue weighted by molar-refractivity contribution is 5.98. The fourth-order valence-electron chi connectivity index (χ4n) is 2.29.